The molecular weight excluding hydrogens is 388 g/mol. The van der Waals surface area contributed by atoms with Crippen molar-refractivity contribution in [2.45, 2.75) is 18.6 Å². The highest BCUT2D eigenvalue weighted by atomic mass is 16.5. The van der Waals surface area contributed by atoms with Crippen LogP contribution in [0, 0.1) is 0 Å². The Kier molecular flexibility index (Phi) is 6.62. The summed E-state index contributed by atoms with van der Waals surface area (Å²) in [6.07, 6.45) is -1.39. The molecule has 4 heteroatoms. The van der Waals surface area contributed by atoms with Gasteiger partial charge in [-0.2, -0.15) is 0 Å². The third-order valence-electron chi connectivity index (χ3n) is 4.93. The maximum atomic E-state index is 10.6. The van der Waals surface area contributed by atoms with Crippen molar-refractivity contribution in [1.29, 1.82) is 0 Å². The molecule has 0 aliphatic carbocycles. The molecule has 0 aromatic heterocycles. The highest BCUT2D eigenvalue weighted by molar-refractivity contribution is 5.35. The van der Waals surface area contributed by atoms with Crippen LogP contribution in [0.2, 0.25) is 0 Å². The third kappa shape index (κ3) is 5.72. The lowest BCUT2D eigenvalue weighted by Gasteiger charge is -2.17. The highest BCUT2D eigenvalue weighted by Gasteiger charge is 2.16. The van der Waals surface area contributed by atoms with Crippen molar-refractivity contribution in [2.75, 3.05) is 0 Å². The molecule has 4 aromatic carbocycles. The normalized spacial score (nSPS) is 12.7. The summed E-state index contributed by atoms with van der Waals surface area (Å²) in [6, 6.07) is 33.5. The van der Waals surface area contributed by atoms with Crippen molar-refractivity contribution in [3.8, 4) is 23.0 Å². The molecule has 0 bridgehead atoms. The molecule has 2 N–H and O–H groups in total. The van der Waals surface area contributed by atoms with Crippen LogP contribution in [0.15, 0.2) is 109 Å². The Labute approximate surface area is 182 Å². The number of hydrogen-bond donors (Lipinski definition) is 2. The summed E-state index contributed by atoms with van der Waals surface area (Å²) in [7, 11) is 0. The van der Waals surface area contributed by atoms with Gasteiger partial charge in [0.05, 0.1) is 12.2 Å². The highest BCUT2D eigenvalue weighted by Crippen LogP contribution is 2.30. The lowest BCUT2D eigenvalue weighted by molar-refractivity contribution is 0.0804. The second-order valence-corrected chi connectivity index (χ2v) is 7.24. The molecule has 0 heterocycles. The van der Waals surface area contributed by atoms with Gasteiger partial charge in [-0.3, -0.25) is 0 Å². The number of hydrogen-bond acceptors (Lipinski definition) is 4. The fraction of sp³-hybridized carbons (Fsp3) is 0.111. The molecule has 0 amide bonds. The van der Waals surface area contributed by atoms with Gasteiger partial charge in [-0.05, 0) is 59.7 Å². The summed E-state index contributed by atoms with van der Waals surface area (Å²) in [5.74, 6) is 2.89. The molecule has 0 spiro atoms. The molecule has 31 heavy (non-hydrogen) atoms. The molecule has 4 aromatic rings. The minimum Gasteiger partial charge on any atom is -0.457 e. The van der Waals surface area contributed by atoms with E-state index in [2.05, 4.69) is 0 Å². The summed E-state index contributed by atoms with van der Waals surface area (Å²) in [4.78, 5) is 0. The first kappa shape index (κ1) is 20.7. The summed E-state index contributed by atoms with van der Waals surface area (Å²) in [6.45, 7) is 0. The number of ether oxygens (including phenoxy) is 2. The maximum Gasteiger partial charge on any atom is 0.127 e. The van der Waals surface area contributed by atoms with Crippen molar-refractivity contribution in [1.82, 2.24) is 0 Å². The van der Waals surface area contributed by atoms with Gasteiger partial charge in [0.25, 0.3) is 0 Å². The molecule has 0 aliphatic heterocycles. The molecule has 4 rings (SSSR count). The lowest BCUT2D eigenvalue weighted by Crippen LogP contribution is -2.05. The van der Waals surface area contributed by atoms with Crippen molar-refractivity contribution >= 4 is 0 Å². The van der Waals surface area contributed by atoms with Gasteiger partial charge in [0.1, 0.15) is 23.0 Å². The van der Waals surface area contributed by atoms with Crippen LogP contribution in [0.4, 0.5) is 0 Å². The van der Waals surface area contributed by atoms with Crippen molar-refractivity contribution in [3.05, 3.63) is 120 Å². The summed E-state index contributed by atoms with van der Waals surface area (Å²) in [5, 5.41) is 21.1. The zero-order chi connectivity index (χ0) is 21.5. The van der Waals surface area contributed by atoms with Crippen LogP contribution in [0.1, 0.15) is 29.8 Å². The monoisotopic (exact) mass is 412 g/mol. The van der Waals surface area contributed by atoms with E-state index in [1.54, 1.807) is 0 Å². The van der Waals surface area contributed by atoms with Gasteiger partial charge in [0, 0.05) is 6.42 Å². The van der Waals surface area contributed by atoms with Gasteiger partial charge >= 0.3 is 0 Å². The van der Waals surface area contributed by atoms with Crippen LogP contribution < -0.4 is 9.47 Å². The second-order valence-electron chi connectivity index (χ2n) is 7.24. The summed E-state index contributed by atoms with van der Waals surface area (Å²) >= 11 is 0. The fourth-order valence-corrected chi connectivity index (χ4v) is 3.25. The van der Waals surface area contributed by atoms with Crippen LogP contribution in [0.5, 0.6) is 23.0 Å². The van der Waals surface area contributed by atoms with Gasteiger partial charge in [0.15, 0.2) is 0 Å². The topological polar surface area (TPSA) is 58.9 Å². The third-order valence-corrected chi connectivity index (χ3v) is 4.93. The molecule has 0 fully saturated rings. The van der Waals surface area contributed by atoms with Crippen LogP contribution in [0.25, 0.3) is 0 Å². The minimum absolute atomic E-state index is 0.192. The van der Waals surface area contributed by atoms with Crippen molar-refractivity contribution in [2.24, 2.45) is 0 Å². The van der Waals surface area contributed by atoms with E-state index in [0.717, 1.165) is 22.6 Å². The number of aliphatic hydroxyl groups excluding tert-OH is 2. The SMILES string of the molecule is OC(CC(O)c1ccc(Oc2ccccc2)cc1)c1ccc(Oc2ccccc2)cc1. The van der Waals surface area contributed by atoms with Crippen LogP contribution in [-0.4, -0.2) is 10.2 Å². The molecule has 0 radical (unpaired) electrons. The Hall–Kier alpha value is -3.60. The molecule has 4 nitrogen and oxygen atoms in total. The van der Waals surface area contributed by atoms with Crippen LogP contribution >= 0.6 is 0 Å². The number of aliphatic hydroxyl groups is 2. The molecule has 2 unspecified atom stereocenters. The Balaban J connectivity index is 1.34. The zero-order valence-corrected chi connectivity index (χ0v) is 17.0. The summed E-state index contributed by atoms with van der Waals surface area (Å²) < 4.78 is 11.5. The summed E-state index contributed by atoms with van der Waals surface area (Å²) in [5.41, 5.74) is 1.45. The quantitative estimate of drug-likeness (QED) is 0.350. The van der Waals surface area contributed by atoms with E-state index in [0.29, 0.717) is 11.5 Å². The number of rotatable bonds is 8. The molecular formula is C27H24O4. The number of para-hydroxylation sites is 2. The molecule has 156 valence electrons. The van der Waals surface area contributed by atoms with Crippen LogP contribution in [0.3, 0.4) is 0 Å². The van der Waals surface area contributed by atoms with Crippen LogP contribution in [-0.2, 0) is 0 Å². The van der Waals surface area contributed by atoms with E-state index in [4.69, 9.17) is 9.47 Å². The standard InChI is InChI=1S/C27H24O4/c28-26(20-11-15-24(16-12-20)30-22-7-3-1-4-8-22)19-27(29)21-13-17-25(18-14-21)31-23-9-5-2-6-10-23/h1-18,26-29H,19H2. The minimum atomic E-state index is -0.791. The predicted octanol–water partition coefficient (Wildman–Crippen LogP) is 6.43. The fourth-order valence-electron chi connectivity index (χ4n) is 3.25. The predicted molar refractivity (Wildman–Crippen MR) is 120 cm³/mol. The van der Waals surface area contributed by atoms with E-state index in [1.165, 1.54) is 0 Å². The smallest absolute Gasteiger partial charge is 0.127 e. The van der Waals surface area contributed by atoms with E-state index >= 15 is 0 Å². The van der Waals surface area contributed by atoms with Gasteiger partial charge in [-0.1, -0.05) is 60.7 Å². The largest absolute Gasteiger partial charge is 0.457 e. The number of benzene rings is 4. The van der Waals surface area contributed by atoms with Crippen molar-refractivity contribution < 1.29 is 19.7 Å². The van der Waals surface area contributed by atoms with Gasteiger partial charge in [-0.25, -0.2) is 0 Å². The van der Waals surface area contributed by atoms with Gasteiger partial charge in [0.2, 0.25) is 0 Å². The van der Waals surface area contributed by atoms with E-state index in [1.807, 2.05) is 109 Å². The lowest BCUT2D eigenvalue weighted by atomic mass is 9.99. The Morgan fingerprint density at radius 2 is 0.774 bits per heavy atom. The second kappa shape index (κ2) is 9.94. The van der Waals surface area contributed by atoms with E-state index in [9.17, 15) is 10.2 Å². The van der Waals surface area contributed by atoms with Crippen molar-refractivity contribution in [3.63, 3.8) is 0 Å². The van der Waals surface area contributed by atoms with Gasteiger partial charge in [-0.15, -0.1) is 0 Å². The molecule has 0 saturated carbocycles. The first-order chi connectivity index (χ1) is 15.2. The zero-order valence-electron chi connectivity index (χ0n) is 17.0. The average molecular weight is 412 g/mol. The Morgan fingerprint density at radius 1 is 0.452 bits per heavy atom. The first-order valence-electron chi connectivity index (χ1n) is 10.2. The molecule has 0 aliphatic rings. The first-order valence-corrected chi connectivity index (χ1v) is 10.2. The Morgan fingerprint density at radius 3 is 1.13 bits per heavy atom. The van der Waals surface area contributed by atoms with Gasteiger partial charge < -0.3 is 19.7 Å². The van der Waals surface area contributed by atoms with E-state index in [-0.39, 0.29) is 6.42 Å². The molecule has 2 atom stereocenters. The maximum absolute atomic E-state index is 10.6. The molecule has 0 saturated heterocycles. The average Bonchev–Trinajstić information content (AvgIpc) is 2.81. The van der Waals surface area contributed by atoms with E-state index < -0.39 is 12.2 Å². The Bertz CT molecular complexity index is 973.